The average molecular weight is 344 g/mol. The van der Waals surface area contributed by atoms with Crippen molar-refractivity contribution >= 4 is 12.0 Å². The van der Waals surface area contributed by atoms with Crippen molar-refractivity contribution in [2.45, 2.75) is 64.5 Å². The van der Waals surface area contributed by atoms with Gasteiger partial charge in [0.05, 0.1) is 12.0 Å². The molecule has 0 spiro atoms. The fourth-order valence-corrected chi connectivity index (χ4v) is 4.18. The van der Waals surface area contributed by atoms with E-state index in [4.69, 9.17) is 5.11 Å². The number of aryl methyl sites for hydroxylation is 1. The highest BCUT2D eigenvalue weighted by Crippen LogP contribution is 2.43. The summed E-state index contributed by atoms with van der Waals surface area (Å²) in [5, 5.41) is 15.3. The molecule has 1 saturated carbocycles. The summed E-state index contributed by atoms with van der Waals surface area (Å²) in [7, 11) is 0. The smallest absolute Gasteiger partial charge is 0.315 e. The second kappa shape index (κ2) is 7.06. The lowest BCUT2D eigenvalue weighted by molar-refractivity contribution is -0.142. The van der Waals surface area contributed by atoms with Crippen molar-refractivity contribution in [2.75, 3.05) is 0 Å². The second-order valence-corrected chi connectivity index (χ2v) is 8.12. The summed E-state index contributed by atoms with van der Waals surface area (Å²) >= 11 is 0. The molecule has 2 aliphatic rings. The zero-order valence-corrected chi connectivity index (χ0v) is 15.0. The van der Waals surface area contributed by atoms with E-state index in [-0.39, 0.29) is 29.4 Å². The molecule has 1 atom stereocenters. The molecule has 5 heteroatoms. The quantitative estimate of drug-likeness (QED) is 0.783. The van der Waals surface area contributed by atoms with E-state index >= 15 is 0 Å². The van der Waals surface area contributed by atoms with Gasteiger partial charge in [-0.25, -0.2) is 4.79 Å². The van der Waals surface area contributed by atoms with Crippen LogP contribution in [0.4, 0.5) is 4.79 Å². The first-order valence-electron chi connectivity index (χ1n) is 9.24. The van der Waals surface area contributed by atoms with Crippen LogP contribution in [-0.2, 0) is 11.2 Å². The summed E-state index contributed by atoms with van der Waals surface area (Å²) in [5.74, 6) is -0.978. The third-order valence-electron chi connectivity index (χ3n) is 5.87. The van der Waals surface area contributed by atoms with Gasteiger partial charge in [-0.2, -0.15) is 0 Å². The van der Waals surface area contributed by atoms with Gasteiger partial charge in [-0.3, -0.25) is 4.79 Å². The van der Waals surface area contributed by atoms with Gasteiger partial charge in [0.25, 0.3) is 0 Å². The largest absolute Gasteiger partial charge is 0.481 e. The number of nitrogens with one attached hydrogen (secondary N) is 2. The maximum absolute atomic E-state index is 12.6. The minimum absolute atomic E-state index is 0.00661. The Morgan fingerprint density at radius 2 is 1.76 bits per heavy atom. The van der Waals surface area contributed by atoms with E-state index in [0.29, 0.717) is 12.8 Å². The SMILES string of the molecule is CC1(C)CCc2ccccc2C1NC(=O)NC1CCC(C(=O)O)CC1. The third kappa shape index (κ3) is 3.97. The molecular formula is C20H28N2O3. The number of amides is 2. The average Bonchev–Trinajstić information content (AvgIpc) is 2.58. The molecule has 0 radical (unpaired) electrons. The zero-order valence-electron chi connectivity index (χ0n) is 15.0. The number of benzene rings is 1. The number of urea groups is 1. The molecule has 0 aromatic heterocycles. The molecule has 25 heavy (non-hydrogen) atoms. The van der Waals surface area contributed by atoms with Crippen LogP contribution in [0, 0.1) is 11.3 Å². The maximum atomic E-state index is 12.6. The van der Waals surface area contributed by atoms with Crippen molar-refractivity contribution in [1.82, 2.24) is 10.6 Å². The topological polar surface area (TPSA) is 78.4 Å². The molecule has 0 bridgehead atoms. The van der Waals surface area contributed by atoms with Gasteiger partial charge in [0.2, 0.25) is 0 Å². The lowest BCUT2D eigenvalue weighted by atomic mass is 9.70. The highest BCUT2D eigenvalue weighted by Gasteiger charge is 2.37. The molecule has 1 aromatic carbocycles. The Labute approximate surface area is 149 Å². The van der Waals surface area contributed by atoms with Crippen LogP contribution in [0.5, 0.6) is 0 Å². The normalized spacial score (nSPS) is 27.8. The van der Waals surface area contributed by atoms with Gasteiger partial charge in [-0.05, 0) is 55.1 Å². The van der Waals surface area contributed by atoms with Crippen LogP contribution in [-0.4, -0.2) is 23.1 Å². The first-order chi connectivity index (χ1) is 11.9. The summed E-state index contributed by atoms with van der Waals surface area (Å²) in [4.78, 5) is 23.6. The second-order valence-electron chi connectivity index (χ2n) is 8.12. The van der Waals surface area contributed by atoms with Crippen LogP contribution >= 0.6 is 0 Å². The van der Waals surface area contributed by atoms with E-state index in [2.05, 4.69) is 42.7 Å². The standard InChI is InChI=1S/C20H28N2O3/c1-20(2)12-11-13-5-3-4-6-16(13)17(20)22-19(25)21-15-9-7-14(8-10-15)18(23)24/h3-6,14-15,17H,7-12H2,1-2H3,(H,23,24)(H2,21,22,25). The molecular weight excluding hydrogens is 316 g/mol. The minimum atomic E-state index is -0.719. The molecule has 2 amide bonds. The Morgan fingerprint density at radius 3 is 2.44 bits per heavy atom. The van der Waals surface area contributed by atoms with Crippen LogP contribution < -0.4 is 10.6 Å². The van der Waals surface area contributed by atoms with Crippen molar-refractivity contribution in [3.05, 3.63) is 35.4 Å². The van der Waals surface area contributed by atoms with Gasteiger partial charge < -0.3 is 15.7 Å². The van der Waals surface area contributed by atoms with E-state index in [1.54, 1.807) is 0 Å². The van der Waals surface area contributed by atoms with E-state index in [9.17, 15) is 9.59 Å². The highest BCUT2D eigenvalue weighted by atomic mass is 16.4. The van der Waals surface area contributed by atoms with E-state index < -0.39 is 5.97 Å². The zero-order chi connectivity index (χ0) is 18.0. The summed E-state index contributed by atoms with van der Waals surface area (Å²) < 4.78 is 0. The number of hydrogen-bond donors (Lipinski definition) is 3. The van der Waals surface area contributed by atoms with Crippen molar-refractivity contribution in [1.29, 1.82) is 0 Å². The number of carbonyl (C=O) groups excluding carboxylic acids is 1. The first kappa shape index (κ1) is 17.8. The van der Waals surface area contributed by atoms with Gasteiger partial charge >= 0.3 is 12.0 Å². The molecule has 1 unspecified atom stereocenters. The Kier molecular flexibility index (Phi) is 5.02. The van der Waals surface area contributed by atoms with E-state index in [0.717, 1.165) is 25.7 Å². The maximum Gasteiger partial charge on any atom is 0.315 e. The van der Waals surface area contributed by atoms with Gasteiger partial charge in [-0.15, -0.1) is 0 Å². The van der Waals surface area contributed by atoms with Gasteiger partial charge in [0.15, 0.2) is 0 Å². The summed E-state index contributed by atoms with van der Waals surface area (Å²) in [6.45, 7) is 4.40. The number of rotatable bonds is 3. The Hall–Kier alpha value is -2.04. The summed E-state index contributed by atoms with van der Waals surface area (Å²) in [6, 6.07) is 8.25. The molecule has 2 aliphatic carbocycles. The number of carbonyl (C=O) groups is 2. The van der Waals surface area contributed by atoms with Crippen LogP contribution in [0.2, 0.25) is 0 Å². The van der Waals surface area contributed by atoms with Crippen molar-refractivity contribution < 1.29 is 14.7 Å². The third-order valence-corrected chi connectivity index (χ3v) is 5.87. The molecule has 3 rings (SSSR count). The number of hydrogen-bond acceptors (Lipinski definition) is 2. The monoisotopic (exact) mass is 344 g/mol. The predicted octanol–water partition coefficient (Wildman–Crippen LogP) is 3.64. The van der Waals surface area contributed by atoms with Crippen molar-refractivity contribution in [3.63, 3.8) is 0 Å². The van der Waals surface area contributed by atoms with E-state index in [1.165, 1.54) is 11.1 Å². The molecule has 5 nitrogen and oxygen atoms in total. The number of carboxylic acids is 1. The van der Waals surface area contributed by atoms with Crippen molar-refractivity contribution in [2.24, 2.45) is 11.3 Å². The van der Waals surface area contributed by atoms with Crippen LogP contribution in [0.25, 0.3) is 0 Å². The lowest BCUT2D eigenvalue weighted by Gasteiger charge is -2.40. The van der Waals surface area contributed by atoms with Gasteiger partial charge in [-0.1, -0.05) is 38.1 Å². The van der Waals surface area contributed by atoms with Crippen LogP contribution in [0.15, 0.2) is 24.3 Å². The lowest BCUT2D eigenvalue weighted by Crippen LogP contribution is -2.49. The number of aliphatic carboxylic acids is 1. The van der Waals surface area contributed by atoms with Gasteiger partial charge in [0.1, 0.15) is 0 Å². The summed E-state index contributed by atoms with van der Waals surface area (Å²) in [5.41, 5.74) is 2.53. The minimum Gasteiger partial charge on any atom is -0.481 e. The van der Waals surface area contributed by atoms with Crippen LogP contribution in [0.3, 0.4) is 0 Å². The fourth-order valence-electron chi connectivity index (χ4n) is 4.18. The van der Waals surface area contributed by atoms with E-state index in [1.807, 2.05) is 6.07 Å². The van der Waals surface area contributed by atoms with Crippen LogP contribution in [0.1, 0.15) is 63.1 Å². The molecule has 136 valence electrons. The molecule has 0 heterocycles. The Bertz CT molecular complexity index is 648. The molecule has 3 N–H and O–H groups in total. The molecule has 1 fully saturated rings. The molecule has 1 aromatic rings. The molecule has 0 aliphatic heterocycles. The Balaban J connectivity index is 1.62. The van der Waals surface area contributed by atoms with Gasteiger partial charge in [0, 0.05) is 6.04 Å². The number of carboxylic acid groups (broad SMARTS) is 1. The van der Waals surface area contributed by atoms with Crippen molar-refractivity contribution in [3.8, 4) is 0 Å². The first-order valence-corrected chi connectivity index (χ1v) is 9.24. The molecule has 0 saturated heterocycles. The predicted molar refractivity (Wildman–Crippen MR) is 96.3 cm³/mol. The summed E-state index contributed by atoms with van der Waals surface area (Å²) in [6.07, 6.45) is 4.82. The fraction of sp³-hybridized carbons (Fsp3) is 0.600. The Morgan fingerprint density at radius 1 is 1.08 bits per heavy atom. The number of fused-ring (bicyclic) bond motifs is 1. The highest BCUT2D eigenvalue weighted by molar-refractivity contribution is 5.75.